The summed E-state index contributed by atoms with van der Waals surface area (Å²) in [5.74, 6) is 0.961. The number of nitrogens with zero attached hydrogens (tertiary/aromatic N) is 1. The average molecular weight is 282 g/mol. The number of nitrogens with one attached hydrogen (secondary N) is 1. The van der Waals surface area contributed by atoms with Crippen LogP contribution < -0.4 is 5.32 Å². The Morgan fingerprint density at radius 3 is 2.90 bits per heavy atom. The molecule has 0 bridgehead atoms. The van der Waals surface area contributed by atoms with Crippen LogP contribution in [0.1, 0.15) is 57.1 Å². The fourth-order valence-electron chi connectivity index (χ4n) is 3.77. The van der Waals surface area contributed by atoms with E-state index in [0.29, 0.717) is 6.04 Å². The maximum absolute atomic E-state index is 4.25. The van der Waals surface area contributed by atoms with E-state index < -0.39 is 0 Å². The third-order valence-electron chi connectivity index (χ3n) is 4.88. The van der Waals surface area contributed by atoms with Gasteiger partial charge in [0.15, 0.2) is 0 Å². The SMILES string of the molecule is CCNC(CCC1CCCC1)c1cccc2cnccc12. The van der Waals surface area contributed by atoms with E-state index >= 15 is 0 Å². The molecule has 2 nitrogen and oxygen atoms in total. The van der Waals surface area contributed by atoms with Crippen LogP contribution in [0, 0.1) is 5.92 Å². The Labute approximate surface area is 128 Å². The third kappa shape index (κ3) is 3.44. The van der Waals surface area contributed by atoms with Crippen LogP contribution in [-0.2, 0) is 0 Å². The van der Waals surface area contributed by atoms with E-state index in [-0.39, 0.29) is 0 Å². The molecule has 0 radical (unpaired) electrons. The van der Waals surface area contributed by atoms with E-state index in [1.165, 1.54) is 54.9 Å². The maximum atomic E-state index is 4.25. The van der Waals surface area contributed by atoms with Gasteiger partial charge in [-0.05, 0) is 42.3 Å². The second kappa shape index (κ2) is 7.04. The third-order valence-corrected chi connectivity index (χ3v) is 4.88. The van der Waals surface area contributed by atoms with Gasteiger partial charge in [-0.25, -0.2) is 0 Å². The molecule has 1 aromatic heterocycles. The molecule has 1 aliphatic rings. The zero-order valence-corrected chi connectivity index (χ0v) is 13.0. The lowest BCUT2D eigenvalue weighted by atomic mass is 9.92. The van der Waals surface area contributed by atoms with Crippen molar-refractivity contribution in [3.05, 3.63) is 42.2 Å². The maximum Gasteiger partial charge on any atom is 0.0346 e. The van der Waals surface area contributed by atoms with Crippen molar-refractivity contribution in [3.63, 3.8) is 0 Å². The van der Waals surface area contributed by atoms with Gasteiger partial charge in [0.2, 0.25) is 0 Å². The largest absolute Gasteiger partial charge is 0.310 e. The first-order chi connectivity index (χ1) is 10.4. The smallest absolute Gasteiger partial charge is 0.0346 e. The number of hydrogen-bond donors (Lipinski definition) is 1. The second-order valence-corrected chi connectivity index (χ2v) is 6.28. The van der Waals surface area contributed by atoms with Gasteiger partial charge >= 0.3 is 0 Å². The van der Waals surface area contributed by atoms with Crippen molar-refractivity contribution in [3.8, 4) is 0 Å². The number of benzene rings is 1. The Hall–Kier alpha value is -1.41. The molecule has 1 aromatic carbocycles. The second-order valence-electron chi connectivity index (χ2n) is 6.28. The molecule has 0 aliphatic heterocycles. The molecule has 112 valence electrons. The number of pyridine rings is 1. The fourth-order valence-corrected chi connectivity index (χ4v) is 3.77. The molecule has 21 heavy (non-hydrogen) atoms. The Morgan fingerprint density at radius 1 is 1.24 bits per heavy atom. The first-order valence-electron chi connectivity index (χ1n) is 8.44. The first kappa shape index (κ1) is 14.5. The summed E-state index contributed by atoms with van der Waals surface area (Å²) in [6.07, 6.45) is 12.3. The minimum Gasteiger partial charge on any atom is -0.310 e. The van der Waals surface area contributed by atoms with Gasteiger partial charge in [-0.15, -0.1) is 0 Å². The van der Waals surface area contributed by atoms with Crippen molar-refractivity contribution in [1.82, 2.24) is 10.3 Å². The van der Waals surface area contributed by atoms with Gasteiger partial charge in [-0.2, -0.15) is 0 Å². The lowest BCUT2D eigenvalue weighted by molar-refractivity contribution is 0.418. The molecule has 1 fully saturated rings. The summed E-state index contributed by atoms with van der Waals surface area (Å²) >= 11 is 0. The number of rotatable bonds is 6. The summed E-state index contributed by atoms with van der Waals surface area (Å²) in [7, 11) is 0. The summed E-state index contributed by atoms with van der Waals surface area (Å²) in [4.78, 5) is 4.25. The molecule has 0 amide bonds. The van der Waals surface area contributed by atoms with E-state index in [2.05, 4.69) is 41.5 Å². The van der Waals surface area contributed by atoms with Crippen molar-refractivity contribution in [2.75, 3.05) is 6.54 Å². The van der Waals surface area contributed by atoms with E-state index in [1.807, 2.05) is 12.4 Å². The van der Waals surface area contributed by atoms with Crippen molar-refractivity contribution in [2.24, 2.45) is 5.92 Å². The average Bonchev–Trinajstić information content (AvgIpc) is 3.04. The van der Waals surface area contributed by atoms with Crippen molar-refractivity contribution in [1.29, 1.82) is 0 Å². The molecule has 1 N–H and O–H groups in total. The van der Waals surface area contributed by atoms with E-state index in [9.17, 15) is 0 Å². The summed E-state index contributed by atoms with van der Waals surface area (Å²) in [6.45, 7) is 3.23. The molecule has 1 saturated carbocycles. The Balaban J connectivity index is 1.80. The van der Waals surface area contributed by atoms with Crippen LogP contribution in [-0.4, -0.2) is 11.5 Å². The molecule has 1 heterocycles. The van der Waals surface area contributed by atoms with Gasteiger partial charge in [0.25, 0.3) is 0 Å². The number of aromatic nitrogens is 1. The predicted octanol–water partition coefficient (Wildman–Crippen LogP) is 4.86. The number of fused-ring (bicyclic) bond motifs is 1. The molecule has 2 heteroatoms. The van der Waals surface area contributed by atoms with Gasteiger partial charge in [0.1, 0.15) is 0 Å². The highest BCUT2D eigenvalue weighted by Crippen LogP contribution is 2.33. The molecule has 0 spiro atoms. The van der Waals surface area contributed by atoms with Crippen molar-refractivity contribution >= 4 is 10.8 Å². The van der Waals surface area contributed by atoms with Gasteiger partial charge in [-0.1, -0.05) is 50.8 Å². The van der Waals surface area contributed by atoms with Gasteiger partial charge in [0, 0.05) is 23.8 Å². The van der Waals surface area contributed by atoms with Crippen molar-refractivity contribution in [2.45, 2.75) is 51.5 Å². The van der Waals surface area contributed by atoms with Gasteiger partial charge in [0.05, 0.1) is 0 Å². The van der Waals surface area contributed by atoms with Crippen LogP contribution >= 0.6 is 0 Å². The van der Waals surface area contributed by atoms with Crippen LogP contribution in [0.25, 0.3) is 10.8 Å². The molecule has 3 rings (SSSR count). The van der Waals surface area contributed by atoms with Crippen LogP contribution in [0.2, 0.25) is 0 Å². The molecule has 1 atom stereocenters. The summed E-state index contributed by atoms with van der Waals surface area (Å²) in [5.41, 5.74) is 1.44. The van der Waals surface area contributed by atoms with E-state index in [1.54, 1.807) is 0 Å². The highest BCUT2D eigenvalue weighted by molar-refractivity contribution is 5.85. The van der Waals surface area contributed by atoms with Gasteiger partial charge < -0.3 is 5.32 Å². The van der Waals surface area contributed by atoms with Crippen LogP contribution in [0.4, 0.5) is 0 Å². The Morgan fingerprint density at radius 2 is 2.10 bits per heavy atom. The van der Waals surface area contributed by atoms with Crippen LogP contribution in [0.5, 0.6) is 0 Å². The standard InChI is InChI=1S/C19H26N2/c1-2-21-19(11-10-15-6-3-4-7-15)18-9-5-8-16-14-20-13-12-17(16)18/h5,8-9,12-15,19,21H,2-4,6-7,10-11H2,1H3. The zero-order chi connectivity index (χ0) is 14.5. The van der Waals surface area contributed by atoms with Crippen LogP contribution in [0.15, 0.2) is 36.7 Å². The van der Waals surface area contributed by atoms with Gasteiger partial charge in [-0.3, -0.25) is 4.98 Å². The minimum atomic E-state index is 0.474. The van der Waals surface area contributed by atoms with Crippen LogP contribution in [0.3, 0.4) is 0 Å². The summed E-state index contributed by atoms with van der Waals surface area (Å²) < 4.78 is 0. The predicted molar refractivity (Wildman–Crippen MR) is 89.4 cm³/mol. The Bertz CT molecular complexity index is 567. The monoisotopic (exact) mass is 282 g/mol. The summed E-state index contributed by atoms with van der Waals surface area (Å²) in [6, 6.07) is 9.24. The lowest BCUT2D eigenvalue weighted by Crippen LogP contribution is -2.21. The molecule has 1 aliphatic carbocycles. The topological polar surface area (TPSA) is 24.9 Å². The number of hydrogen-bond acceptors (Lipinski definition) is 2. The van der Waals surface area contributed by atoms with E-state index in [4.69, 9.17) is 0 Å². The molecule has 1 unspecified atom stereocenters. The zero-order valence-electron chi connectivity index (χ0n) is 13.0. The Kier molecular flexibility index (Phi) is 4.87. The molecular weight excluding hydrogens is 256 g/mol. The fraction of sp³-hybridized carbons (Fsp3) is 0.526. The normalized spacial score (nSPS) is 17.4. The quantitative estimate of drug-likeness (QED) is 0.818. The minimum absolute atomic E-state index is 0.474. The van der Waals surface area contributed by atoms with E-state index in [0.717, 1.165) is 12.5 Å². The lowest BCUT2D eigenvalue weighted by Gasteiger charge is -2.22. The first-order valence-corrected chi connectivity index (χ1v) is 8.44. The molecule has 0 saturated heterocycles. The molecule has 2 aromatic rings. The molecular formula is C19H26N2. The highest BCUT2D eigenvalue weighted by Gasteiger charge is 2.19. The van der Waals surface area contributed by atoms with Crippen molar-refractivity contribution < 1.29 is 0 Å². The summed E-state index contributed by atoms with van der Waals surface area (Å²) in [5, 5.41) is 6.30. The highest BCUT2D eigenvalue weighted by atomic mass is 14.9.